The number of nitrogens with two attached hydrogens (primary N) is 1. The molecule has 5 N–H and O–H groups in total. The predicted octanol–water partition coefficient (Wildman–Crippen LogP) is 1.13. The van der Waals surface area contributed by atoms with Crippen molar-refractivity contribution in [1.82, 2.24) is 10.6 Å². The van der Waals surface area contributed by atoms with E-state index in [0.29, 0.717) is 18.8 Å². The zero-order valence-electron chi connectivity index (χ0n) is 13.3. The minimum atomic E-state index is -0.825. The molecule has 1 fully saturated rings. The van der Waals surface area contributed by atoms with Crippen LogP contribution in [0.15, 0.2) is 0 Å². The van der Waals surface area contributed by atoms with Crippen LogP contribution in [0.25, 0.3) is 0 Å². The first-order chi connectivity index (χ1) is 9.77. The molecule has 1 aliphatic rings. The number of primary amides is 1. The SMILES string of the molecule is CCC(C)C(NC(N)=O)C(=O)NCC1(O)CCC(C)CC1. The van der Waals surface area contributed by atoms with Crippen LogP contribution in [-0.4, -0.2) is 35.2 Å². The Hall–Kier alpha value is -1.30. The van der Waals surface area contributed by atoms with Gasteiger partial charge in [0.1, 0.15) is 6.04 Å². The third kappa shape index (κ3) is 5.53. The molecule has 0 aromatic carbocycles. The van der Waals surface area contributed by atoms with Gasteiger partial charge in [-0.3, -0.25) is 4.79 Å². The summed E-state index contributed by atoms with van der Waals surface area (Å²) >= 11 is 0. The summed E-state index contributed by atoms with van der Waals surface area (Å²) in [4.78, 5) is 23.3. The van der Waals surface area contributed by atoms with Gasteiger partial charge in [-0.25, -0.2) is 4.79 Å². The van der Waals surface area contributed by atoms with Gasteiger partial charge in [-0.2, -0.15) is 0 Å². The van der Waals surface area contributed by atoms with Gasteiger partial charge >= 0.3 is 6.03 Å². The fraction of sp³-hybridized carbons (Fsp3) is 0.867. The Morgan fingerprint density at radius 1 is 1.38 bits per heavy atom. The van der Waals surface area contributed by atoms with Crippen molar-refractivity contribution in [2.75, 3.05) is 6.54 Å². The van der Waals surface area contributed by atoms with Crippen LogP contribution in [0.1, 0.15) is 52.9 Å². The van der Waals surface area contributed by atoms with Crippen LogP contribution < -0.4 is 16.4 Å². The van der Waals surface area contributed by atoms with Crippen molar-refractivity contribution in [3.8, 4) is 0 Å². The van der Waals surface area contributed by atoms with E-state index in [0.717, 1.165) is 19.3 Å². The lowest BCUT2D eigenvalue weighted by molar-refractivity contribution is -0.125. The first-order valence-electron chi connectivity index (χ1n) is 7.83. The second-order valence-electron chi connectivity index (χ2n) is 6.50. The average molecular weight is 299 g/mol. The molecule has 1 aliphatic carbocycles. The molecule has 1 rings (SSSR count). The van der Waals surface area contributed by atoms with Crippen molar-refractivity contribution in [1.29, 1.82) is 0 Å². The van der Waals surface area contributed by atoms with Gasteiger partial charge in [-0.15, -0.1) is 0 Å². The molecule has 0 radical (unpaired) electrons. The zero-order valence-corrected chi connectivity index (χ0v) is 13.3. The standard InChI is InChI=1S/C15H29N3O3/c1-4-11(3)12(18-14(16)20)13(19)17-9-15(21)7-5-10(2)6-8-15/h10-12,21H,4-9H2,1-3H3,(H,17,19)(H3,16,18,20). The molecule has 0 aromatic heterocycles. The molecular formula is C15H29N3O3. The maximum absolute atomic E-state index is 12.2. The Bertz CT molecular complexity index is 365. The Balaban J connectivity index is 2.55. The Morgan fingerprint density at radius 3 is 2.43 bits per heavy atom. The van der Waals surface area contributed by atoms with Gasteiger partial charge in [0, 0.05) is 6.54 Å². The van der Waals surface area contributed by atoms with Gasteiger partial charge in [-0.05, 0) is 37.5 Å². The van der Waals surface area contributed by atoms with E-state index in [-0.39, 0.29) is 18.4 Å². The van der Waals surface area contributed by atoms with Gasteiger partial charge in [0.2, 0.25) is 5.91 Å². The third-order valence-corrected chi connectivity index (χ3v) is 4.59. The quantitative estimate of drug-likeness (QED) is 0.591. The molecular weight excluding hydrogens is 270 g/mol. The topological polar surface area (TPSA) is 104 Å². The third-order valence-electron chi connectivity index (χ3n) is 4.59. The summed E-state index contributed by atoms with van der Waals surface area (Å²) in [6, 6.07) is -1.36. The number of hydrogen-bond acceptors (Lipinski definition) is 3. The molecule has 3 amide bonds. The summed E-state index contributed by atoms with van der Waals surface area (Å²) in [6.45, 7) is 6.24. The number of amides is 3. The second-order valence-corrected chi connectivity index (χ2v) is 6.50. The fourth-order valence-corrected chi connectivity index (χ4v) is 2.69. The first-order valence-corrected chi connectivity index (χ1v) is 7.83. The van der Waals surface area contributed by atoms with E-state index in [4.69, 9.17) is 5.73 Å². The van der Waals surface area contributed by atoms with E-state index in [2.05, 4.69) is 17.6 Å². The first kappa shape index (κ1) is 17.8. The van der Waals surface area contributed by atoms with Crippen LogP contribution >= 0.6 is 0 Å². The Labute approximate surface area is 126 Å². The largest absolute Gasteiger partial charge is 0.388 e. The minimum Gasteiger partial charge on any atom is -0.388 e. The lowest BCUT2D eigenvalue weighted by Crippen LogP contribution is -2.54. The lowest BCUT2D eigenvalue weighted by Gasteiger charge is -2.35. The van der Waals surface area contributed by atoms with Crippen LogP contribution in [0.2, 0.25) is 0 Å². The summed E-state index contributed by atoms with van der Waals surface area (Å²) in [7, 11) is 0. The number of hydrogen-bond donors (Lipinski definition) is 4. The van der Waals surface area contributed by atoms with E-state index in [9.17, 15) is 14.7 Å². The predicted molar refractivity (Wildman–Crippen MR) is 81.6 cm³/mol. The molecule has 2 unspecified atom stereocenters. The number of rotatable bonds is 6. The minimum absolute atomic E-state index is 0.0153. The maximum Gasteiger partial charge on any atom is 0.312 e. The van der Waals surface area contributed by atoms with Gasteiger partial charge in [-0.1, -0.05) is 27.2 Å². The van der Waals surface area contributed by atoms with Crippen molar-refractivity contribution in [3.63, 3.8) is 0 Å². The van der Waals surface area contributed by atoms with Gasteiger partial charge in [0.25, 0.3) is 0 Å². The van der Waals surface area contributed by atoms with E-state index in [1.165, 1.54) is 0 Å². The summed E-state index contributed by atoms with van der Waals surface area (Å²) in [5, 5.41) is 15.7. The molecule has 2 atom stereocenters. The highest BCUT2D eigenvalue weighted by atomic mass is 16.3. The molecule has 0 aromatic rings. The van der Waals surface area contributed by atoms with E-state index >= 15 is 0 Å². The smallest absolute Gasteiger partial charge is 0.312 e. The Kier molecular flexibility index (Phi) is 6.45. The summed E-state index contributed by atoms with van der Waals surface area (Å²) < 4.78 is 0. The number of urea groups is 1. The van der Waals surface area contributed by atoms with Crippen molar-refractivity contribution in [2.45, 2.75) is 64.5 Å². The number of carbonyl (C=O) groups excluding carboxylic acids is 2. The van der Waals surface area contributed by atoms with Crippen LogP contribution in [-0.2, 0) is 4.79 Å². The summed E-state index contributed by atoms with van der Waals surface area (Å²) in [5.74, 6) is 0.332. The summed E-state index contributed by atoms with van der Waals surface area (Å²) in [6.07, 6.45) is 4.10. The van der Waals surface area contributed by atoms with Crippen LogP contribution in [0, 0.1) is 11.8 Å². The highest BCUT2D eigenvalue weighted by molar-refractivity contribution is 5.86. The molecule has 0 heterocycles. The highest BCUT2D eigenvalue weighted by Crippen LogP contribution is 2.31. The zero-order chi connectivity index (χ0) is 16.0. The van der Waals surface area contributed by atoms with E-state index in [1.807, 2.05) is 13.8 Å². The van der Waals surface area contributed by atoms with Gasteiger partial charge in [0.05, 0.1) is 5.60 Å². The number of nitrogens with one attached hydrogen (secondary N) is 2. The second kappa shape index (κ2) is 7.64. The molecule has 1 saturated carbocycles. The molecule has 6 heteroatoms. The molecule has 6 nitrogen and oxygen atoms in total. The fourth-order valence-electron chi connectivity index (χ4n) is 2.69. The van der Waals surface area contributed by atoms with Crippen LogP contribution in [0.4, 0.5) is 4.79 Å². The normalized spacial score (nSPS) is 28.5. The molecule has 21 heavy (non-hydrogen) atoms. The van der Waals surface area contributed by atoms with E-state index < -0.39 is 17.7 Å². The Morgan fingerprint density at radius 2 is 1.95 bits per heavy atom. The molecule has 0 bridgehead atoms. The lowest BCUT2D eigenvalue weighted by atomic mass is 9.79. The highest BCUT2D eigenvalue weighted by Gasteiger charge is 2.33. The molecule has 0 aliphatic heterocycles. The summed E-state index contributed by atoms with van der Waals surface area (Å²) in [5.41, 5.74) is 4.30. The van der Waals surface area contributed by atoms with Gasteiger partial charge in [0.15, 0.2) is 0 Å². The number of aliphatic hydroxyl groups is 1. The maximum atomic E-state index is 12.2. The van der Waals surface area contributed by atoms with Crippen molar-refractivity contribution in [2.24, 2.45) is 17.6 Å². The van der Waals surface area contributed by atoms with E-state index in [1.54, 1.807) is 0 Å². The van der Waals surface area contributed by atoms with Crippen molar-refractivity contribution in [3.05, 3.63) is 0 Å². The average Bonchev–Trinajstić information content (AvgIpc) is 2.45. The molecule has 122 valence electrons. The molecule has 0 spiro atoms. The van der Waals surface area contributed by atoms with Crippen molar-refractivity contribution >= 4 is 11.9 Å². The van der Waals surface area contributed by atoms with Crippen LogP contribution in [0.3, 0.4) is 0 Å². The van der Waals surface area contributed by atoms with Gasteiger partial charge < -0.3 is 21.5 Å². The number of carbonyl (C=O) groups is 2. The monoisotopic (exact) mass is 299 g/mol. The van der Waals surface area contributed by atoms with Crippen molar-refractivity contribution < 1.29 is 14.7 Å². The molecule has 0 saturated heterocycles. The van der Waals surface area contributed by atoms with Crippen LogP contribution in [0.5, 0.6) is 0 Å².